The predicted octanol–water partition coefficient (Wildman–Crippen LogP) is 1.90. The summed E-state index contributed by atoms with van der Waals surface area (Å²) in [7, 11) is 1.94. The standard InChI is InChI=1S/C17H28N4O/c1-3-14-7-5-4-6-8-21(14)17(22)16-11-18-10-15(16)13-9-19-20(2)12-13/h9,12,14-16,18H,3-8,10-11H2,1-2H3/t14?,15-,16+/m1/s1. The average Bonchev–Trinajstić information content (AvgIpc) is 3.09. The quantitative estimate of drug-likeness (QED) is 0.928. The summed E-state index contributed by atoms with van der Waals surface area (Å²) in [6, 6.07) is 0.435. The monoisotopic (exact) mass is 304 g/mol. The zero-order valence-electron chi connectivity index (χ0n) is 13.8. The largest absolute Gasteiger partial charge is 0.339 e. The van der Waals surface area contributed by atoms with Gasteiger partial charge < -0.3 is 10.2 Å². The minimum atomic E-state index is 0.0661. The lowest BCUT2D eigenvalue weighted by atomic mass is 9.89. The first kappa shape index (κ1) is 15.5. The Kier molecular flexibility index (Phi) is 4.81. The molecular formula is C17H28N4O. The number of nitrogens with one attached hydrogen (secondary N) is 1. The summed E-state index contributed by atoms with van der Waals surface area (Å²) in [4.78, 5) is 15.4. The van der Waals surface area contributed by atoms with Gasteiger partial charge in [0, 0.05) is 44.8 Å². The third kappa shape index (κ3) is 3.05. The van der Waals surface area contributed by atoms with Gasteiger partial charge in [0.05, 0.1) is 12.1 Å². The number of nitrogens with zero attached hydrogens (tertiary/aromatic N) is 3. The molecule has 5 heteroatoms. The highest BCUT2D eigenvalue weighted by atomic mass is 16.2. The van der Waals surface area contributed by atoms with E-state index >= 15 is 0 Å². The van der Waals surface area contributed by atoms with E-state index in [-0.39, 0.29) is 11.8 Å². The van der Waals surface area contributed by atoms with Crippen molar-refractivity contribution in [2.45, 2.75) is 51.0 Å². The van der Waals surface area contributed by atoms with Crippen molar-refractivity contribution >= 4 is 5.91 Å². The maximum absolute atomic E-state index is 13.2. The predicted molar refractivity (Wildman–Crippen MR) is 86.6 cm³/mol. The number of amides is 1. The highest BCUT2D eigenvalue weighted by Gasteiger charge is 2.38. The molecule has 1 unspecified atom stereocenters. The van der Waals surface area contributed by atoms with E-state index in [0.717, 1.165) is 32.5 Å². The minimum absolute atomic E-state index is 0.0661. The molecule has 1 aromatic rings. The second-order valence-corrected chi connectivity index (χ2v) is 6.76. The summed E-state index contributed by atoms with van der Waals surface area (Å²) in [5, 5.41) is 7.69. The molecule has 0 saturated carbocycles. The van der Waals surface area contributed by atoms with E-state index in [4.69, 9.17) is 0 Å². The van der Waals surface area contributed by atoms with E-state index < -0.39 is 0 Å². The molecule has 0 bridgehead atoms. The van der Waals surface area contributed by atoms with Crippen LogP contribution in [0.5, 0.6) is 0 Å². The van der Waals surface area contributed by atoms with Crippen LogP contribution in [-0.4, -0.2) is 46.3 Å². The number of carbonyl (C=O) groups is 1. The molecule has 2 aliphatic rings. The molecule has 2 aliphatic heterocycles. The van der Waals surface area contributed by atoms with Gasteiger partial charge in [-0.15, -0.1) is 0 Å². The van der Waals surface area contributed by atoms with E-state index in [1.54, 1.807) is 0 Å². The van der Waals surface area contributed by atoms with Crippen LogP contribution in [0.4, 0.5) is 0 Å². The molecule has 2 fully saturated rings. The van der Waals surface area contributed by atoms with Gasteiger partial charge in [0.1, 0.15) is 0 Å². The Morgan fingerprint density at radius 1 is 1.36 bits per heavy atom. The van der Waals surface area contributed by atoms with Crippen molar-refractivity contribution < 1.29 is 4.79 Å². The fraction of sp³-hybridized carbons (Fsp3) is 0.765. The van der Waals surface area contributed by atoms with Gasteiger partial charge in [0.2, 0.25) is 5.91 Å². The molecule has 3 rings (SSSR count). The van der Waals surface area contributed by atoms with Crippen molar-refractivity contribution in [3.63, 3.8) is 0 Å². The van der Waals surface area contributed by atoms with Crippen molar-refractivity contribution in [2.75, 3.05) is 19.6 Å². The van der Waals surface area contributed by atoms with Crippen LogP contribution in [-0.2, 0) is 11.8 Å². The van der Waals surface area contributed by atoms with Gasteiger partial charge in [-0.25, -0.2) is 0 Å². The molecule has 3 heterocycles. The Morgan fingerprint density at radius 2 is 2.23 bits per heavy atom. The molecule has 1 amide bonds. The maximum atomic E-state index is 13.2. The number of hydrogen-bond donors (Lipinski definition) is 1. The van der Waals surface area contributed by atoms with Crippen molar-refractivity contribution in [3.05, 3.63) is 18.0 Å². The molecule has 0 aromatic carbocycles. The second kappa shape index (κ2) is 6.82. The summed E-state index contributed by atoms with van der Waals surface area (Å²) >= 11 is 0. The highest BCUT2D eigenvalue weighted by Crippen LogP contribution is 2.31. The molecule has 3 atom stereocenters. The zero-order valence-corrected chi connectivity index (χ0v) is 13.8. The van der Waals surface area contributed by atoms with Crippen LogP contribution in [0, 0.1) is 5.92 Å². The van der Waals surface area contributed by atoms with E-state index in [1.165, 1.54) is 24.8 Å². The Bertz CT molecular complexity index is 513. The SMILES string of the molecule is CCC1CCCCCN1C(=O)[C@H]1CNC[C@@H]1c1cnn(C)c1. The number of carbonyl (C=O) groups excluding carboxylic acids is 1. The van der Waals surface area contributed by atoms with Crippen molar-refractivity contribution in [1.82, 2.24) is 20.0 Å². The zero-order chi connectivity index (χ0) is 15.5. The smallest absolute Gasteiger partial charge is 0.227 e. The Morgan fingerprint density at radius 3 is 2.95 bits per heavy atom. The molecule has 0 radical (unpaired) electrons. The number of rotatable bonds is 3. The fourth-order valence-corrected chi connectivity index (χ4v) is 4.02. The lowest BCUT2D eigenvalue weighted by molar-refractivity contribution is -0.137. The van der Waals surface area contributed by atoms with Crippen LogP contribution >= 0.6 is 0 Å². The van der Waals surface area contributed by atoms with Crippen LogP contribution in [0.15, 0.2) is 12.4 Å². The Balaban J connectivity index is 1.77. The summed E-state index contributed by atoms with van der Waals surface area (Å²) in [5.41, 5.74) is 1.19. The lowest BCUT2D eigenvalue weighted by Gasteiger charge is -2.33. The topological polar surface area (TPSA) is 50.2 Å². The van der Waals surface area contributed by atoms with Crippen LogP contribution in [0.1, 0.15) is 50.5 Å². The molecule has 1 N–H and O–H groups in total. The lowest BCUT2D eigenvalue weighted by Crippen LogP contribution is -2.44. The number of aryl methyl sites for hydroxylation is 1. The Labute approximate surface area is 133 Å². The first-order valence-electron chi connectivity index (χ1n) is 8.70. The van der Waals surface area contributed by atoms with Crippen LogP contribution in [0.25, 0.3) is 0 Å². The normalized spacial score (nSPS) is 29.5. The first-order chi connectivity index (χ1) is 10.7. The molecule has 2 saturated heterocycles. The van der Waals surface area contributed by atoms with Gasteiger partial charge in [-0.3, -0.25) is 9.48 Å². The van der Waals surface area contributed by atoms with Gasteiger partial charge in [-0.05, 0) is 24.8 Å². The van der Waals surface area contributed by atoms with Crippen molar-refractivity contribution in [2.24, 2.45) is 13.0 Å². The van der Waals surface area contributed by atoms with Crippen molar-refractivity contribution in [1.29, 1.82) is 0 Å². The van der Waals surface area contributed by atoms with E-state index in [2.05, 4.69) is 28.4 Å². The highest BCUT2D eigenvalue weighted by molar-refractivity contribution is 5.81. The molecule has 122 valence electrons. The van der Waals surface area contributed by atoms with E-state index in [0.29, 0.717) is 11.9 Å². The molecular weight excluding hydrogens is 276 g/mol. The van der Waals surface area contributed by atoms with Gasteiger partial charge in [0.25, 0.3) is 0 Å². The average molecular weight is 304 g/mol. The van der Waals surface area contributed by atoms with Gasteiger partial charge in [-0.2, -0.15) is 5.10 Å². The van der Waals surface area contributed by atoms with Crippen LogP contribution < -0.4 is 5.32 Å². The third-order valence-corrected chi connectivity index (χ3v) is 5.32. The minimum Gasteiger partial charge on any atom is -0.339 e. The molecule has 0 aliphatic carbocycles. The Hall–Kier alpha value is -1.36. The summed E-state index contributed by atoms with van der Waals surface area (Å²) < 4.78 is 1.83. The van der Waals surface area contributed by atoms with E-state index in [9.17, 15) is 4.79 Å². The summed E-state index contributed by atoms with van der Waals surface area (Å²) in [5.74, 6) is 0.686. The summed E-state index contributed by atoms with van der Waals surface area (Å²) in [6.45, 7) is 4.83. The van der Waals surface area contributed by atoms with Gasteiger partial charge in [0.15, 0.2) is 0 Å². The first-order valence-corrected chi connectivity index (χ1v) is 8.70. The van der Waals surface area contributed by atoms with Crippen LogP contribution in [0.3, 0.4) is 0 Å². The summed E-state index contributed by atoms with van der Waals surface area (Å²) in [6.07, 6.45) is 9.88. The van der Waals surface area contributed by atoms with E-state index in [1.807, 2.05) is 17.9 Å². The maximum Gasteiger partial charge on any atom is 0.227 e. The van der Waals surface area contributed by atoms with Crippen LogP contribution in [0.2, 0.25) is 0 Å². The number of aromatic nitrogens is 2. The second-order valence-electron chi connectivity index (χ2n) is 6.76. The third-order valence-electron chi connectivity index (χ3n) is 5.32. The molecule has 0 spiro atoms. The molecule has 22 heavy (non-hydrogen) atoms. The molecule has 5 nitrogen and oxygen atoms in total. The number of hydrogen-bond acceptors (Lipinski definition) is 3. The van der Waals surface area contributed by atoms with Gasteiger partial charge in [-0.1, -0.05) is 19.8 Å². The number of likely N-dealkylation sites (tertiary alicyclic amines) is 1. The van der Waals surface area contributed by atoms with Gasteiger partial charge >= 0.3 is 0 Å². The molecule has 1 aromatic heterocycles. The van der Waals surface area contributed by atoms with Crippen molar-refractivity contribution in [3.8, 4) is 0 Å². The fourth-order valence-electron chi connectivity index (χ4n) is 4.02.